The molecule has 2 atom stereocenters. The fourth-order valence-corrected chi connectivity index (χ4v) is 3.05. The van der Waals surface area contributed by atoms with Crippen LogP contribution in [0.25, 0.3) is 0 Å². The van der Waals surface area contributed by atoms with Crippen LogP contribution >= 0.6 is 0 Å². The van der Waals surface area contributed by atoms with Gasteiger partial charge < -0.3 is 0 Å². The molecule has 64 valence electrons. The van der Waals surface area contributed by atoms with Gasteiger partial charge in [-0.3, -0.25) is 0 Å². The molecule has 0 N–H and O–H groups in total. The molecule has 2 aliphatic carbocycles. The van der Waals surface area contributed by atoms with Crippen molar-refractivity contribution in [2.45, 2.75) is 18.9 Å². The van der Waals surface area contributed by atoms with E-state index in [1.54, 1.807) is 5.57 Å². The zero-order chi connectivity index (χ0) is 8.39. The second-order valence-corrected chi connectivity index (χ2v) is 5.57. The van der Waals surface area contributed by atoms with E-state index in [-0.39, 0.29) is 9.52 Å². The second kappa shape index (κ2) is 3.44. The highest BCUT2D eigenvalue weighted by Gasteiger charge is 2.29. The highest BCUT2D eigenvalue weighted by atomic mass is 28.2. The Bertz CT molecular complexity index is 237. The highest BCUT2D eigenvalue weighted by Crippen LogP contribution is 2.42. The van der Waals surface area contributed by atoms with Crippen molar-refractivity contribution in [3.05, 3.63) is 36.1 Å². The molecule has 2 rings (SSSR count). The van der Waals surface area contributed by atoms with Crippen molar-refractivity contribution >= 4 is 9.52 Å². The van der Waals surface area contributed by atoms with Crippen LogP contribution in [-0.2, 0) is 0 Å². The molecule has 0 saturated heterocycles. The SMILES string of the molecule is C=C[SiH2]CC=C1CC2C=CC1C2. The summed E-state index contributed by atoms with van der Waals surface area (Å²) in [6.45, 7) is 3.79. The van der Waals surface area contributed by atoms with Gasteiger partial charge in [0.1, 0.15) is 0 Å². The molecule has 0 nitrogen and oxygen atoms in total. The van der Waals surface area contributed by atoms with E-state index in [1.807, 2.05) is 0 Å². The second-order valence-electron chi connectivity index (χ2n) is 3.84. The molecular weight excluding hydrogens is 160 g/mol. The van der Waals surface area contributed by atoms with E-state index in [0.29, 0.717) is 0 Å². The zero-order valence-electron chi connectivity index (χ0n) is 7.50. The van der Waals surface area contributed by atoms with E-state index in [0.717, 1.165) is 11.8 Å². The summed E-state index contributed by atoms with van der Waals surface area (Å²) in [5, 5.41) is 0. The summed E-state index contributed by atoms with van der Waals surface area (Å²) in [4.78, 5) is 0. The van der Waals surface area contributed by atoms with Crippen LogP contribution in [0.2, 0.25) is 6.04 Å². The van der Waals surface area contributed by atoms with Crippen LogP contribution in [0.5, 0.6) is 0 Å². The summed E-state index contributed by atoms with van der Waals surface area (Å²) >= 11 is 0. The topological polar surface area (TPSA) is 0 Å². The third kappa shape index (κ3) is 1.46. The predicted molar refractivity (Wildman–Crippen MR) is 57.0 cm³/mol. The van der Waals surface area contributed by atoms with Crippen LogP contribution in [0.4, 0.5) is 0 Å². The third-order valence-electron chi connectivity index (χ3n) is 2.92. The van der Waals surface area contributed by atoms with Crippen LogP contribution in [0.15, 0.2) is 36.1 Å². The molecule has 0 aromatic carbocycles. The van der Waals surface area contributed by atoms with Gasteiger partial charge in [-0.1, -0.05) is 23.8 Å². The molecule has 0 spiro atoms. The number of hydrogen-bond donors (Lipinski definition) is 0. The molecule has 1 saturated carbocycles. The first-order valence-electron chi connectivity index (χ1n) is 4.88. The van der Waals surface area contributed by atoms with Gasteiger partial charge in [0, 0.05) is 9.52 Å². The van der Waals surface area contributed by atoms with Gasteiger partial charge in [-0.2, -0.15) is 0 Å². The van der Waals surface area contributed by atoms with E-state index >= 15 is 0 Å². The summed E-state index contributed by atoms with van der Waals surface area (Å²) in [6, 6.07) is 1.33. The minimum absolute atomic E-state index is 0.0360. The van der Waals surface area contributed by atoms with Crippen molar-refractivity contribution in [1.29, 1.82) is 0 Å². The lowest BCUT2D eigenvalue weighted by Gasteiger charge is -2.06. The van der Waals surface area contributed by atoms with Crippen LogP contribution in [0.3, 0.4) is 0 Å². The van der Waals surface area contributed by atoms with Crippen molar-refractivity contribution < 1.29 is 0 Å². The summed E-state index contributed by atoms with van der Waals surface area (Å²) in [5.41, 5.74) is 3.86. The number of hydrogen-bond acceptors (Lipinski definition) is 0. The van der Waals surface area contributed by atoms with Crippen molar-refractivity contribution in [2.24, 2.45) is 11.8 Å². The molecule has 0 amide bonds. The summed E-state index contributed by atoms with van der Waals surface area (Å²) < 4.78 is 0. The maximum atomic E-state index is 3.79. The molecular formula is C11H16Si. The smallest absolute Gasteiger partial charge is 0.0483 e. The van der Waals surface area contributed by atoms with Gasteiger partial charge in [-0.25, -0.2) is 0 Å². The summed E-state index contributed by atoms with van der Waals surface area (Å²) in [6.07, 6.45) is 10.0. The van der Waals surface area contributed by atoms with Crippen molar-refractivity contribution in [3.8, 4) is 0 Å². The molecule has 2 unspecified atom stereocenters. The Morgan fingerprint density at radius 3 is 3.08 bits per heavy atom. The van der Waals surface area contributed by atoms with E-state index in [9.17, 15) is 0 Å². The number of rotatable bonds is 3. The first kappa shape index (κ1) is 8.05. The van der Waals surface area contributed by atoms with E-state index in [4.69, 9.17) is 0 Å². The van der Waals surface area contributed by atoms with Crippen molar-refractivity contribution in [1.82, 2.24) is 0 Å². The Hall–Kier alpha value is -0.563. The zero-order valence-corrected chi connectivity index (χ0v) is 8.91. The summed E-state index contributed by atoms with van der Waals surface area (Å²) in [7, 11) is 0.0360. The molecule has 0 aromatic heterocycles. The Labute approximate surface area is 76.9 Å². The third-order valence-corrected chi connectivity index (χ3v) is 3.95. The van der Waals surface area contributed by atoms with Crippen molar-refractivity contribution in [3.63, 3.8) is 0 Å². The maximum Gasteiger partial charge on any atom is 0.0483 e. The Balaban J connectivity index is 1.93. The fourth-order valence-electron chi connectivity index (χ4n) is 2.28. The van der Waals surface area contributed by atoms with Crippen LogP contribution in [0.1, 0.15) is 12.8 Å². The predicted octanol–water partition coefficient (Wildman–Crippen LogP) is 2.24. The first-order chi connectivity index (χ1) is 5.90. The largest absolute Gasteiger partial charge is 0.108 e. The first-order valence-corrected chi connectivity index (χ1v) is 6.70. The molecule has 0 aromatic rings. The minimum Gasteiger partial charge on any atom is -0.108 e. The average Bonchev–Trinajstić information content (AvgIpc) is 2.65. The standard InChI is InChI=1S/C11H16Si/c1-2-12-6-5-11-8-9-3-4-10(11)7-9/h2-5,9-10H,1,6-8,12H2. The monoisotopic (exact) mass is 176 g/mol. The van der Waals surface area contributed by atoms with E-state index < -0.39 is 0 Å². The number of allylic oxidation sites excluding steroid dienone is 4. The minimum atomic E-state index is 0.0360. The number of fused-ring (bicyclic) bond motifs is 2. The van der Waals surface area contributed by atoms with Crippen molar-refractivity contribution in [2.75, 3.05) is 0 Å². The molecule has 1 heteroatoms. The normalized spacial score (nSPS) is 35.8. The molecule has 0 heterocycles. The Morgan fingerprint density at radius 1 is 1.58 bits per heavy atom. The van der Waals surface area contributed by atoms with Crippen LogP contribution < -0.4 is 0 Å². The molecule has 1 fully saturated rings. The fraction of sp³-hybridized carbons (Fsp3) is 0.455. The van der Waals surface area contributed by atoms with Gasteiger partial charge in [-0.15, -0.1) is 12.3 Å². The van der Waals surface area contributed by atoms with Crippen LogP contribution in [0, 0.1) is 11.8 Å². The van der Waals surface area contributed by atoms with Gasteiger partial charge in [0.05, 0.1) is 0 Å². The lowest BCUT2D eigenvalue weighted by Crippen LogP contribution is -1.92. The average molecular weight is 176 g/mol. The lowest BCUT2D eigenvalue weighted by molar-refractivity contribution is 0.693. The molecule has 2 aliphatic rings. The highest BCUT2D eigenvalue weighted by molar-refractivity contribution is 6.42. The molecule has 12 heavy (non-hydrogen) atoms. The lowest BCUT2D eigenvalue weighted by atomic mass is 10.0. The van der Waals surface area contributed by atoms with Gasteiger partial charge in [0.25, 0.3) is 0 Å². The van der Waals surface area contributed by atoms with Gasteiger partial charge in [-0.05, 0) is 30.7 Å². The Kier molecular flexibility index (Phi) is 2.31. The maximum absolute atomic E-state index is 3.79. The molecule has 2 bridgehead atoms. The molecule has 0 aliphatic heterocycles. The van der Waals surface area contributed by atoms with Gasteiger partial charge in [0.2, 0.25) is 0 Å². The van der Waals surface area contributed by atoms with Gasteiger partial charge in [0.15, 0.2) is 0 Å². The van der Waals surface area contributed by atoms with E-state index in [1.165, 1.54) is 18.9 Å². The summed E-state index contributed by atoms with van der Waals surface area (Å²) in [5.74, 6) is 1.72. The van der Waals surface area contributed by atoms with Gasteiger partial charge >= 0.3 is 0 Å². The Morgan fingerprint density at radius 2 is 2.50 bits per heavy atom. The van der Waals surface area contributed by atoms with E-state index in [2.05, 4.69) is 30.5 Å². The molecule has 0 radical (unpaired) electrons. The van der Waals surface area contributed by atoms with Crippen LogP contribution in [-0.4, -0.2) is 9.52 Å². The quantitative estimate of drug-likeness (QED) is 0.351.